The van der Waals surface area contributed by atoms with Gasteiger partial charge in [0.05, 0.1) is 12.8 Å². The van der Waals surface area contributed by atoms with Crippen LogP contribution in [0.2, 0.25) is 0 Å². The van der Waals surface area contributed by atoms with E-state index in [1.165, 1.54) is 12.1 Å². The van der Waals surface area contributed by atoms with Crippen molar-refractivity contribution < 1.29 is 8.81 Å². The Morgan fingerprint density at radius 2 is 2.00 bits per heavy atom. The molecule has 1 aromatic heterocycles. The first-order chi connectivity index (χ1) is 9.24. The van der Waals surface area contributed by atoms with Crippen molar-refractivity contribution in [2.45, 2.75) is 13.1 Å². The van der Waals surface area contributed by atoms with Gasteiger partial charge in [-0.15, -0.1) is 0 Å². The number of nitrogens with zero attached hydrogens (tertiary/aromatic N) is 1. The molecule has 0 fully saturated rings. The minimum Gasteiger partial charge on any atom is -0.468 e. The monoisotopic (exact) mass is 262 g/mol. The van der Waals surface area contributed by atoms with E-state index in [0.717, 1.165) is 37.5 Å². The molecular weight excluding hydrogens is 243 g/mol. The second kappa shape index (κ2) is 7.07. The van der Waals surface area contributed by atoms with Gasteiger partial charge in [0.25, 0.3) is 0 Å². The highest BCUT2D eigenvalue weighted by Crippen LogP contribution is 2.05. The SMILES string of the molecule is CN(CCNCc1ccco1)Cc1ccc(F)cc1. The van der Waals surface area contributed by atoms with Gasteiger partial charge in [0.2, 0.25) is 0 Å². The number of likely N-dealkylation sites (N-methyl/N-ethyl adjacent to an activating group) is 1. The smallest absolute Gasteiger partial charge is 0.123 e. The van der Waals surface area contributed by atoms with Crippen LogP contribution in [0, 0.1) is 5.82 Å². The van der Waals surface area contributed by atoms with Crippen molar-refractivity contribution in [1.82, 2.24) is 10.2 Å². The molecule has 19 heavy (non-hydrogen) atoms. The third kappa shape index (κ3) is 4.85. The highest BCUT2D eigenvalue weighted by Gasteiger charge is 2.01. The molecule has 1 N–H and O–H groups in total. The highest BCUT2D eigenvalue weighted by atomic mass is 19.1. The summed E-state index contributed by atoms with van der Waals surface area (Å²) in [7, 11) is 2.05. The molecule has 102 valence electrons. The van der Waals surface area contributed by atoms with Crippen molar-refractivity contribution in [3.05, 3.63) is 59.8 Å². The van der Waals surface area contributed by atoms with Crippen molar-refractivity contribution in [2.24, 2.45) is 0 Å². The van der Waals surface area contributed by atoms with E-state index in [9.17, 15) is 4.39 Å². The average Bonchev–Trinajstić information content (AvgIpc) is 2.91. The first-order valence-electron chi connectivity index (χ1n) is 6.40. The molecule has 4 heteroatoms. The van der Waals surface area contributed by atoms with E-state index in [1.54, 1.807) is 6.26 Å². The van der Waals surface area contributed by atoms with Gasteiger partial charge in [-0.3, -0.25) is 0 Å². The minimum absolute atomic E-state index is 0.188. The summed E-state index contributed by atoms with van der Waals surface area (Å²) in [6, 6.07) is 10.5. The van der Waals surface area contributed by atoms with E-state index in [0.29, 0.717) is 0 Å². The largest absolute Gasteiger partial charge is 0.468 e. The molecule has 0 amide bonds. The Morgan fingerprint density at radius 1 is 1.21 bits per heavy atom. The van der Waals surface area contributed by atoms with E-state index < -0.39 is 0 Å². The maximum Gasteiger partial charge on any atom is 0.123 e. The van der Waals surface area contributed by atoms with Crippen LogP contribution >= 0.6 is 0 Å². The lowest BCUT2D eigenvalue weighted by Gasteiger charge is -2.16. The van der Waals surface area contributed by atoms with Crippen LogP contribution in [0.3, 0.4) is 0 Å². The normalized spacial score (nSPS) is 11.1. The predicted octanol–water partition coefficient (Wildman–Crippen LogP) is 2.64. The number of rotatable bonds is 7. The first kappa shape index (κ1) is 13.8. The number of benzene rings is 1. The van der Waals surface area contributed by atoms with E-state index in [-0.39, 0.29) is 5.82 Å². The van der Waals surface area contributed by atoms with Crippen LogP contribution in [0.15, 0.2) is 47.1 Å². The molecule has 2 aromatic rings. The molecular formula is C15H19FN2O. The Balaban J connectivity index is 1.64. The number of furan rings is 1. The maximum absolute atomic E-state index is 12.8. The zero-order valence-electron chi connectivity index (χ0n) is 11.1. The fraction of sp³-hybridized carbons (Fsp3) is 0.333. The van der Waals surface area contributed by atoms with Crippen LogP contribution in [-0.4, -0.2) is 25.0 Å². The zero-order valence-corrected chi connectivity index (χ0v) is 11.1. The molecule has 0 radical (unpaired) electrons. The highest BCUT2D eigenvalue weighted by molar-refractivity contribution is 5.15. The van der Waals surface area contributed by atoms with E-state index in [4.69, 9.17) is 4.42 Å². The van der Waals surface area contributed by atoms with Gasteiger partial charge in [0.15, 0.2) is 0 Å². The van der Waals surface area contributed by atoms with Gasteiger partial charge in [-0.2, -0.15) is 0 Å². The van der Waals surface area contributed by atoms with Crippen molar-refractivity contribution >= 4 is 0 Å². The predicted molar refractivity (Wildman–Crippen MR) is 73.1 cm³/mol. The molecule has 2 rings (SSSR count). The lowest BCUT2D eigenvalue weighted by Crippen LogP contribution is -2.28. The summed E-state index contributed by atoms with van der Waals surface area (Å²) in [4.78, 5) is 2.20. The topological polar surface area (TPSA) is 28.4 Å². The number of hydrogen-bond acceptors (Lipinski definition) is 3. The Labute approximate surface area is 113 Å². The second-order valence-electron chi connectivity index (χ2n) is 4.62. The number of hydrogen-bond donors (Lipinski definition) is 1. The summed E-state index contributed by atoms with van der Waals surface area (Å²) in [6.45, 7) is 3.39. The van der Waals surface area contributed by atoms with Gasteiger partial charge in [-0.25, -0.2) is 4.39 Å². The van der Waals surface area contributed by atoms with Crippen molar-refractivity contribution in [3.63, 3.8) is 0 Å². The molecule has 0 bridgehead atoms. The average molecular weight is 262 g/mol. The van der Waals surface area contributed by atoms with Gasteiger partial charge in [0.1, 0.15) is 11.6 Å². The standard InChI is InChI=1S/C15H19FN2O/c1-18(12-13-4-6-14(16)7-5-13)9-8-17-11-15-3-2-10-19-15/h2-7,10,17H,8-9,11-12H2,1H3. The van der Waals surface area contributed by atoms with Gasteiger partial charge in [-0.05, 0) is 36.9 Å². The fourth-order valence-electron chi connectivity index (χ4n) is 1.88. The molecule has 0 aliphatic carbocycles. The zero-order chi connectivity index (χ0) is 13.5. The van der Waals surface area contributed by atoms with Crippen LogP contribution < -0.4 is 5.32 Å². The van der Waals surface area contributed by atoms with Crippen LogP contribution in [0.4, 0.5) is 4.39 Å². The van der Waals surface area contributed by atoms with Crippen LogP contribution in [0.25, 0.3) is 0 Å². The Kier molecular flexibility index (Phi) is 5.12. The summed E-state index contributed by atoms with van der Waals surface area (Å²) in [6.07, 6.45) is 1.68. The fourth-order valence-corrected chi connectivity index (χ4v) is 1.88. The number of nitrogens with one attached hydrogen (secondary N) is 1. The van der Waals surface area contributed by atoms with Gasteiger partial charge in [0, 0.05) is 19.6 Å². The van der Waals surface area contributed by atoms with Crippen molar-refractivity contribution in [3.8, 4) is 0 Å². The molecule has 0 aliphatic heterocycles. The van der Waals surface area contributed by atoms with Crippen LogP contribution in [-0.2, 0) is 13.1 Å². The summed E-state index contributed by atoms with van der Waals surface area (Å²) in [5.41, 5.74) is 1.12. The number of halogens is 1. The molecule has 0 aliphatic rings. The molecule has 0 atom stereocenters. The second-order valence-corrected chi connectivity index (χ2v) is 4.62. The summed E-state index contributed by atoms with van der Waals surface area (Å²) < 4.78 is 18.0. The molecule has 0 unspecified atom stereocenters. The van der Waals surface area contributed by atoms with Crippen LogP contribution in [0.1, 0.15) is 11.3 Å². The molecule has 1 aromatic carbocycles. The van der Waals surface area contributed by atoms with Crippen molar-refractivity contribution in [2.75, 3.05) is 20.1 Å². The maximum atomic E-state index is 12.8. The third-order valence-electron chi connectivity index (χ3n) is 2.92. The van der Waals surface area contributed by atoms with Gasteiger partial charge < -0.3 is 14.6 Å². The van der Waals surface area contributed by atoms with Crippen molar-refractivity contribution in [1.29, 1.82) is 0 Å². The summed E-state index contributed by atoms with van der Waals surface area (Å²) in [5, 5.41) is 3.32. The first-order valence-corrected chi connectivity index (χ1v) is 6.40. The molecule has 0 saturated heterocycles. The molecule has 3 nitrogen and oxygen atoms in total. The Morgan fingerprint density at radius 3 is 2.68 bits per heavy atom. The van der Waals surface area contributed by atoms with Crippen LogP contribution in [0.5, 0.6) is 0 Å². The Hall–Kier alpha value is -1.65. The minimum atomic E-state index is -0.188. The summed E-state index contributed by atoms with van der Waals surface area (Å²) in [5.74, 6) is 0.757. The van der Waals surface area contributed by atoms with E-state index >= 15 is 0 Å². The third-order valence-corrected chi connectivity index (χ3v) is 2.92. The Bertz CT molecular complexity index is 467. The lowest BCUT2D eigenvalue weighted by molar-refractivity contribution is 0.321. The molecule has 0 saturated carbocycles. The summed E-state index contributed by atoms with van der Waals surface area (Å²) >= 11 is 0. The molecule has 1 heterocycles. The van der Waals surface area contributed by atoms with Gasteiger partial charge >= 0.3 is 0 Å². The van der Waals surface area contributed by atoms with E-state index in [1.807, 2.05) is 24.3 Å². The molecule has 0 spiro atoms. The van der Waals surface area contributed by atoms with Gasteiger partial charge in [-0.1, -0.05) is 12.1 Å². The lowest BCUT2D eigenvalue weighted by atomic mass is 10.2. The van der Waals surface area contributed by atoms with E-state index in [2.05, 4.69) is 17.3 Å². The quantitative estimate of drug-likeness (QED) is 0.778.